The van der Waals surface area contributed by atoms with Gasteiger partial charge in [0.05, 0.1) is 4.92 Å². The van der Waals surface area contributed by atoms with E-state index < -0.39 is 0 Å². The van der Waals surface area contributed by atoms with Crippen molar-refractivity contribution in [1.82, 2.24) is 9.97 Å². The largest absolute Gasteiger partial charge is 0.380 e. The number of rotatable bonds is 7. The van der Waals surface area contributed by atoms with Gasteiger partial charge in [0, 0.05) is 30.8 Å². The first-order valence-electron chi connectivity index (χ1n) is 6.61. The molecule has 0 aliphatic heterocycles. The molecule has 2 aromatic rings. The van der Waals surface area contributed by atoms with E-state index in [0.29, 0.717) is 23.1 Å². The van der Waals surface area contributed by atoms with Crippen LogP contribution in [0.25, 0.3) is 0 Å². The Labute approximate surface area is 127 Å². The molecule has 0 bridgehead atoms. The van der Waals surface area contributed by atoms with Crippen LogP contribution in [0.4, 0.5) is 11.4 Å². The molecule has 0 radical (unpaired) electrons. The maximum Gasteiger partial charge on any atom is 0.292 e. The number of hydrogen-bond donors (Lipinski definition) is 1. The average Bonchev–Trinajstić information content (AvgIpc) is 2.52. The molecule has 0 spiro atoms. The number of nitro benzene ring substituents is 1. The Balaban J connectivity index is 2.10. The molecule has 0 fully saturated rings. The van der Waals surface area contributed by atoms with Crippen molar-refractivity contribution in [3.63, 3.8) is 0 Å². The van der Waals surface area contributed by atoms with Gasteiger partial charge >= 0.3 is 0 Å². The molecule has 110 valence electrons. The molecule has 1 aromatic heterocycles. The van der Waals surface area contributed by atoms with E-state index in [0.717, 1.165) is 12.0 Å². The summed E-state index contributed by atoms with van der Waals surface area (Å²) in [6, 6.07) is 7.01. The van der Waals surface area contributed by atoms with Gasteiger partial charge in [-0.1, -0.05) is 24.8 Å². The lowest BCUT2D eigenvalue weighted by Gasteiger charge is -2.07. The summed E-state index contributed by atoms with van der Waals surface area (Å²) < 4.78 is 0. The Hall–Kier alpha value is -2.15. The Morgan fingerprint density at radius 1 is 1.33 bits per heavy atom. The van der Waals surface area contributed by atoms with Gasteiger partial charge in [-0.25, -0.2) is 9.97 Å². The maximum absolute atomic E-state index is 11.1. The van der Waals surface area contributed by atoms with Gasteiger partial charge in [0.2, 0.25) is 0 Å². The van der Waals surface area contributed by atoms with Crippen LogP contribution in [0.2, 0.25) is 0 Å². The van der Waals surface area contributed by atoms with E-state index in [1.165, 1.54) is 11.8 Å². The second-order valence-corrected chi connectivity index (χ2v) is 5.30. The lowest BCUT2D eigenvalue weighted by atomic mass is 10.2. The van der Waals surface area contributed by atoms with Crippen LogP contribution in [0.3, 0.4) is 0 Å². The molecule has 0 saturated heterocycles. The fourth-order valence-corrected chi connectivity index (χ4v) is 2.48. The molecule has 1 N–H and O–H groups in total. The van der Waals surface area contributed by atoms with Crippen molar-refractivity contribution in [1.29, 1.82) is 0 Å². The number of nitrogens with zero attached hydrogens (tertiary/aromatic N) is 3. The highest BCUT2D eigenvalue weighted by molar-refractivity contribution is 7.98. The number of benzene rings is 1. The normalized spacial score (nSPS) is 10.3. The van der Waals surface area contributed by atoms with Crippen molar-refractivity contribution in [2.75, 3.05) is 11.9 Å². The fourth-order valence-electron chi connectivity index (χ4n) is 1.74. The number of nitro groups is 1. The zero-order chi connectivity index (χ0) is 15.1. The third kappa shape index (κ3) is 4.42. The number of aromatic nitrogens is 2. The number of hydrogen-bond acceptors (Lipinski definition) is 6. The molecule has 7 heteroatoms. The highest BCUT2D eigenvalue weighted by atomic mass is 32.2. The first-order chi connectivity index (χ1) is 10.2. The van der Waals surface area contributed by atoms with Gasteiger partial charge in [-0.05, 0) is 24.1 Å². The van der Waals surface area contributed by atoms with E-state index in [1.54, 1.807) is 30.6 Å². The van der Waals surface area contributed by atoms with Gasteiger partial charge in [-0.2, -0.15) is 0 Å². The SMILES string of the molecule is CCCNc1ccc(CSc2ncccn2)cc1[N+](=O)[O-]. The van der Waals surface area contributed by atoms with Gasteiger partial charge < -0.3 is 5.32 Å². The molecule has 0 aliphatic rings. The van der Waals surface area contributed by atoms with E-state index in [2.05, 4.69) is 15.3 Å². The number of anilines is 1. The van der Waals surface area contributed by atoms with Crippen molar-refractivity contribution < 1.29 is 4.92 Å². The van der Waals surface area contributed by atoms with Gasteiger partial charge in [-0.3, -0.25) is 10.1 Å². The van der Waals surface area contributed by atoms with Crippen LogP contribution in [0.1, 0.15) is 18.9 Å². The first-order valence-corrected chi connectivity index (χ1v) is 7.60. The molecular formula is C14H16N4O2S. The monoisotopic (exact) mass is 304 g/mol. The zero-order valence-electron chi connectivity index (χ0n) is 11.7. The van der Waals surface area contributed by atoms with E-state index >= 15 is 0 Å². The van der Waals surface area contributed by atoms with Crippen LogP contribution in [-0.4, -0.2) is 21.4 Å². The minimum absolute atomic E-state index is 0.107. The maximum atomic E-state index is 11.1. The molecule has 0 atom stereocenters. The van der Waals surface area contributed by atoms with Crippen molar-refractivity contribution in [3.05, 3.63) is 52.3 Å². The van der Waals surface area contributed by atoms with E-state index in [4.69, 9.17) is 0 Å². The van der Waals surface area contributed by atoms with E-state index in [9.17, 15) is 10.1 Å². The molecule has 21 heavy (non-hydrogen) atoms. The predicted molar refractivity (Wildman–Crippen MR) is 83.5 cm³/mol. The Morgan fingerprint density at radius 3 is 2.76 bits per heavy atom. The molecule has 0 amide bonds. The lowest BCUT2D eigenvalue weighted by molar-refractivity contribution is -0.384. The number of nitrogens with one attached hydrogen (secondary N) is 1. The summed E-state index contributed by atoms with van der Waals surface area (Å²) in [5.41, 5.74) is 1.54. The molecule has 1 aromatic carbocycles. The molecular weight excluding hydrogens is 288 g/mol. The van der Waals surface area contributed by atoms with Gasteiger partial charge in [0.25, 0.3) is 5.69 Å². The number of thioether (sulfide) groups is 1. The third-order valence-corrected chi connectivity index (χ3v) is 3.68. The molecule has 1 heterocycles. The van der Waals surface area contributed by atoms with E-state index in [1.807, 2.05) is 13.0 Å². The van der Waals surface area contributed by atoms with Crippen molar-refractivity contribution in [2.45, 2.75) is 24.3 Å². The van der Waals surface area contributed by atoms with Crippen LogP contribution in [0.15, 0.2) is 41.8 Å². The summed E-state index contributed by atoms with van der Waals surface area (Å²) in [7, 11) is 0. The summed E-state index contributed by atoms with van der Waals surface area (Å²) in [4.78, 5) is 19.0. The fraction of sp³-hybridized carbons (Fsp3) is 0.286. The first kappa shape index (κ1) is 15.2. The quantitative estimate of drug-likeness (QED) is 0.365. The van der Waals surface area contributed by atoms with Crippen molar-refractivity contribution in [3.8, 4) is 0 Å². The van der Waals surface area contributed by atoms with Crippen molar-refractivity contribution in [2.24, 2.45) is 0 Å². The molecule has 0 aliphatic carbocycles. The summed E-state index contributed by atoms with van der Waals surface area (Å²) in [5.74, 6) is 0.596. The molecule has 2 rings (SSSR count). The highest BCUT2D eigenvalue weighted by Crippen LogP contribution is 2.28. The highest BCUT2D eigenvalue weighted by Gasteiger charge is 2.14. The molecule has 6 nitrogen and oxygen atoms in total. The smallest absolute Gasteiger partial charge is 0.292 e. The summed E-state index contributed by atoms with van der Waals surface area (Å²) in [6.07, 6.45) is 4.27. The van der Waals surface area contributed by atoms with Crippen LogP contribution in [0, 0.1) is 10.1 Å². The average molecular weight is 304 g/mol. The Bertz CT molecular complexity index is 607. The molecule has 0 unspecified atom stereocenters. The molecule has 0 saturated carbocycles. The van der Waals surface area contributed by atoms with Crippen LogP contribution >= 0.6 is 11.8 Å². The second kappa shape index (κ2) is 7.58. The van der Waals surface area contributed by atoms with Gasteiger partial charge in [-0.15, -0.1) is 0 Å². The van der Waals surface area contributed by atoms with Crippen LogP contribution in [-0.2, 0) is 5.75 Å². The second-order valence-electron chi connectivity index (χ2n) is 4.36. The summed E-state index contributed by atoms with van der Waals surface area (Å²) in [5, 5.41) is 14.9. The third-order valence-electron chi connectivity index (χ3n) is 2.73. The topological polar surface area (TPSA) is 81.0 Å². The van der Waals surface area contributed by atoms with Gasteiger partial charge in [0.15, 0.2) is 5.16 Å². The van der Waals surface area contributed by atoms with Crippen LogP contribution < -0.4 is 5.32 Å². The van der Waals surface area contributed by atoms with Crippen LogP contribution in [0.5, 0.6) is 0 Å². The van der Waals surface area contributed by atoms with Crippen molar-refractivity contribution >= 4 is 23.1 Å². The predicted octanol–water partition coefficient (Wildman–Crippen LogP) is 3.50. The van der Waals surface area contributed by atoms with Gasteiger partial charge in [0.1, 0.15) is 5.69 Å². The summed E-state index contributed by atoms with van der Waals surface area (Å²) in [6.45, 7) is 2.73. The minimum atomic E-state index is -0.356. The standard InChI is InChI=1S/C14H16N4O2S/c1-2-6-15-12-5-4-11(9-13(12)18(19)20)10-21-14-16-7-3-8-17-14/h3-5,7-9,15H,2,6,10H2,1H3. The lowest BCUT2D eigenvalue weighted by Crippen LogP contribution is -2.03. The van der Waals surface area contributed by atoms with E-state index in [-0.39, 0.29) is 10.6 Å². The minimum Gasteiger partial charge on any atom is -0.380 e. The summed E-state index contributed by atoms with van der Waals surface area (Å²) >= 11 is 1.45. The Morgan fingerprint density at radius 2 is 2.10 bits per heavy atom. The Kier molecular flexibility index (Phi) is 5.51. The zero-order valence-corrected chi connectivity index (χ0v) is 12.5.